The number of methoxy groups -OCH3 is 1. The minimum atomic E-state index is 0.578. The lowest BCUT2D eigenvalue weighted by atomic mass is 10.0. The normalized spacial score (nSPS) is 13.6. The molecular formula is C26H22BrN5O2. The molecule has 0 fully saturated rings. The van der Waals surface area contributed by atoms with Gasteiger partial charge in [-0.3, -0.25) is 0 Å². The number of rotatable bonds is 3. The molecule has 5 aromatic rings. The quantitative estimate of drug-likeness (QED) is 0.334. The van der Waals surface area contributed by atoms with Crippen LogP contribution >= 0.6 is 15.9 Å². The number of aromatic nitrogens is 4. The Morgan fingerprint density at radius 2 is 1.88 bits per heavy atom. The third kappa shape index (κ3) is 3.64. The summed E-state index contributed by atoms with van der Waals surface area (Å²) in [7, 11) is 1.65. The summed E-state index contributed by atoms with van der Waals surface area (Å²) in [6.45, 7) is 3.96. The number of nitrogens with zero attached hydrogens (tertiary/aromatic N) is 4. The van der Waals surface area contributed by atoms with E-state index in [0.29, 0.717) is 13.2 Å². The molecule has 0 unspecified atom stereocenters. The van der Waals surface area contributed by atoms with Gasteiger partial charge >= 0.3 is 0 Å². The van der Waals surface area contributed by atoms with Crippen molar-refractivity contribution in [2.24, 2.45) is 0 Å². The second-order valence-corrected chi connectivity index (χ2v) is 9.20. The third-order valence-electron chi connectivity index (χ3n) is 6.16. The van der Waals surface area contributed by atoms with Crippen molar-refractivity contribution in [1.29, 1.82) is 0 Å². The monoisotopic (exact) mass is 515 g/mol. The van der Waals surface area contributed by atoms with Crippen molar-refractivity contribution >= 4 is 43.7 Å². The summed E-state index contributed by atoms with van der Waals surface area (Å²) in [5.41, 5.74) is 6.25. The van der Waals surface area contributed by atoms with Crippen LogP contribution in [0.5, 0.6) is 11.5 Å². The molecule has 8 heteroatoms. The lowest BCUT2D eigenvalue weighted by Gasteiger charge is -2.22. The first-order valence-corrected chi connectivity index (χ1v) is 11.8. The van der Waals surface area contributed by atoms with Crippen LogP contribution in [0, 0.1) is 6.92 Å². The molecule has 3 heterocycles. The number of aromatic amines is 1. The summed E-state index contributed by atoms with van der Waals surface area (Å²) in [6.07, 6.45) is 1.61. The number of anilines is 1. The maximum absolute atomic E-state index is 6.11. The minimum Gasteiger partial charge on any atom is -0.495 e. The van der Waals surface area contributed by atoms with Crippen LogP contribution in [0.4, 0.5) is 5.82 Å². The van der Waals surface area contributed by atoms with Gasteiger partial charge in [-0.25, -0.2) is 15.0 Å². The highest BCUT2D eigenvalue weighted by Gasteiger charge is 2.20. The van der Waals surface area contributed by atoms with Crippen LogP contribution in [-0.2, 0) is 6.54 Å². The number of imidazole rings is 1. The molecule has 0 saturated carbocycles. The highest BCUT2D eigenvalue weighted by atomic mass is 79.9. The largest absolute Gasteiger partial charge is 0.495 e. The van der Waals surface area contributed by atoms with Crippen LogP contribution in [-0.4, -0.2) is 40.2 Å². The van der Waals surface area contributed by atoms with Gasteiger partial charge in [0.25, 0.3) is 0 Å². The second-order valence-electron chi connectivity index (χ2n) is 8.35. The number of benzene rings is 3. The number of hydrogen-bond donors (Lipinski definition) is 1. The van der Waals surface area contributed by atoms with Crippen LogP contribution in [0.2, 0.25) is 0 Å². The van der Waals surface area contributed by atoms with E-state index in [1.54, 1.807) is 13.4 Å². The Balaban J connectivity index is 1.39. The van der Waals surface area contributed by atoms with Gasteiger partial charge in [-0.1, -0.05) is 12.1 Å². The fraction of sp³-hybridized carbons (Fsp3) is 0.192. The number of nitrogens with one attached hydrogen (secondary N) is 1. The van der Waals surface area contributed by atoms with Crippen molar-refractivity contribution in [2.45, 2.75) is 13.5 Å². The molecule has 7 nitrogen and oxygen atoms in total. The van der Waals surface area contributed by atoms with Gasteiger partial charge in [0.05, 0.1) is 34.7 Å². The number of fused-ring (bicyclic) bond motifs is 3. The van der Waals surface area contributed by atoms with Crippen molar-refractivity contribution < 1.29 is 9.47 Å². The topological polar surface area (TPSA) is 76.2 Å². The molecule has 0 aliphatic carbocycles. The van der Waals surface area contributed by atoms with Gasteiger partial charge in [-0.05, 0) is 64.3 Å². The molecule has 0 bridgehead atoms. The highest BCUT2D eigenvalue weighted by Crippen LogP contribution is 2.36. The Hall–Kier alpha value is -3.65. The van der Waals surface area contributed by atoms with Crippen LogP contribution in [0.3, 0.4) is 0 Å². The highest BCUT2D eigenvalue weighted by molar-refractivity contribution is 9.10. The van der Waals surface area contributed by atoms with E-state index in [1.807, 2.05) is 19.1 Å². The molecule has 170 valence electrons. The molecule has 2 aromatic heterocycles. The molecule has 1 aliphatic rings. The van der Waals surface area contributed by atoms with E-state index in [0.717, 1.165) is 72.8 Å². The van der Waals surface area contributed by atoms with E-state index >= 15 is 0 Å². The van der Waals surface area contributed by atoms with Crippen LogP contribution < -0.4 is 14.4 Å². The van der Waals surface area contributed by atoms with Crippen molar-refractivity contribution in [2.75, 3.05) is 25.2 Å². The summed E-state index contributed by atoms with van der Waals surface area (Å²) >= 11 is 3.60. The molecule has 0 saturated heterocycles. The summed E-state index contributed by atoms with van der Waals surface area (Å²) in [6, 6.07) is 16.7. The van der Waals surface area contributed by atoms with Gasteiger partial charge in [0.1, 0.15) is 36.1 Å². The maximum Gasteiger partial charge on any atom is 0.140 e. The van der Waals surface area contributed by atoms with Gasteiger partial charge in [-0.2, -0.15) is 0 Å². The lowest BCUT2D eigenvalue weighted by molar-refractivity contribution is 0.331. The van der Waals surface area contributed by atoms with Gasteiger partial charge in [0, 0.05) is 23.6 Å². The predicted octanol–water partition coefficient (Wildman–Crippen LogP) is 5.65. The smallest absolute Gasteiger partial charge is 0.140 e. The summed E-state index contributed by atoms with van der Waals surface area (Å²) in [5.74, 6) is 3.45. The molecule has 6 rings (SSSR count). The van der Waals surface area contributed by atoms with Gasteiger partial charge < -0.3 is 19.4 Å². The van der Waals surface area contributed by atoms with Crippen LogP contribution in [0.25, 0.3) is 33.1 Å². The Bertz CT molecular complexity index is 1550. The Morgan fingerprint density at radius 1 is 1.03 bits per heavy atom. The fourth-order valence-electron chi connectivity index (χ4n) is 4.52. The van der Waals surface area contributed by atoms with Gasteiger partial charge in [0.15, 0.2) is 0 Å². The first kappa shape index (κ1) is 20.9. The number of hydrogen-bond acceptors (Lipinski definition) is 6. The van der Waals surface area contributed by atoms with Crippen molar-refractivity contribution in [3.63, 3.8) is 0 Å². The van der Waals surface area contributed by atoms with Crippen LogP contribution in [0.15, 0.2) is 59.3 Å². The van der Waals surface area contributed by atoms with E-state index in [2.05, 4.69) is 77.2 Å². The zero-order chi connectivity index (χ0) is 23.2. The van der Waals surface area contributed by atoms with E-state index in [9.17, 15) is 0 Å². The molecule has 3 aromatic carbocycles. The standard InChI is InChI=1S/C26H22BrN5O2/c1-15-30-21-5-3-17(10-23(21)31-15)16-4-6-24-18(9-16)13-32(7-8-34-24)26-19-11-20(27)25(33-2)12-22(19)28-14-29-26/h3-6,9-12,14H,7-8,13H2,1-2H3,(H,30,31). The summed E-state index contributed by atoms with van der Waals surface area (Å²) in [5, 5.41) is 0.967. The van der Waals surface area contributed by atoms with Gasteiger partial charge in [0.2, 0.25) is 0 Å². The Morgan fingerprint density at radius 3 is 2.76 bits per heavy atom. The Labute approximate surface area is 204 Å². The number of aryl methyl sites for hydroxylation is 1. The van der Waals surface area contributed by atoms with Crippen LogP contribution in [0.1, 0.15) is 11.4 Å². The number of halogens is 1. The molecule has 0 amide bonds. The first-order chi connectivity index (χ1) is 16.6. The van der Waals surface area contributed by atoms with Crippen molar-refractivity contribution in [1.82, 2.24) is 19.9 Å². The fourth-order valence-corrected chi connectivity index (χ4v) is 5.03. The number of H-pyrrole nitrogens is 1. The van der Waals surface area contributed by atoms with E-state index in [1.165, 1.54) is 0 Å². The molecular weight excluding hydrogens is 494 g/mol. The average molecular weight is 516 g/mol. The SMILES string of the molecule is COc1cc2ncnc(N3CCOc4ccc(-c5ccc6nc(C)[nH]c6c5)cc4C3)c2cc1Br. The van der Waals surface area contributed by atoms with Crippen molar-refractivity contribution in [3.8, 4) is 22.6 Å². The number of ether oxygens (including phenoxy) is 2. The third-order valence-corrected chi connectivity index (χ3v) is 6.78. The average Bonchev–Trinajstić information content (AvgIpc) is 3.09. The maximum atomic E-state index is 6.11. The molecule has 1 aliphatic heterocycles. The lowest BCUT2D eigenvalue weighted by Crippen LogP contribution is -2.26. The first-order valence-electron chi connectivity index (χ1n) is 11.0. The Kier molecular flexibility index (Phi) is 5.10. The van der Waals surface area contributed by atoms with E-state index in [4.69, 9.17) is 9.47 Å². The molecule has 1 N–H and O–H groups in total. The minimum absolute atomic E-state index is 0.578. The molecule has 34 heavy (non-hydrogen) atoms. The molecule has 0 radical (unpaired) electrons. The molecule has 0 atom stereocenters. The summed E-state index contributed by atoms with van der Waals surface area (Å²) < 4.78 is 12.4. The second kappa shape index (κ2) is 8.29. The predicted molar refractivity (Wildman–Crippen MR) is 137 cm³/mol. The molecule has 0 spiro atoms. The van der Waals surface area contributed by atoms with Crippen molar-refractivity contribution in [3.05, 3.63) is 70.7 Å². The van der Waals surface area contributed by atoms with Gasteiger partial charge in [-0.15, -0.1) is 0 Å². The zero-order valence-corrected chi connectivity index (χ0v) is 20.4. The van der Waals surface area contributed by atoms with E-state index < -0.39 is 0 Å². The zero-order valence-electron chi connectivity index (χ0n) is 18.8. The van der Waals surface area contributed by atoms with E-state index in [-0.39, 0.29) is 0 Å². The summed E-state index contributed by atoms with van der Waals surface area (Å²) in [4.78, 5) is 19.2.